The molecule has 0 N–H and O–H groups in total. The van der Waals surface area contributed by atoms with Crippen LogP contribution in [0.3, 0.4) is 0 Å². The highest BCUT2D eigenvalue weighted by atomic mass is 35.5. The van der Waals surface area contributed by atoms with Crippen LogP contribution in [0.5, 0.6) is 0 Å². The molecule has 2 aromatic rings. The molecule has 1 aliphatic heterocycles. The van der Waals surface area contributed by atoms with Crippen molar-refractivity contribution in [3.05, 3.63) is 89.1 Å². The van der Waals surface area contributed by atoms with Crippen LogP contribution in [0.25, 0.3) is 16.8 Å². The van der Waals surface area contributed by atoms with E-state index in [0.29, 0.717) is 10.0 Å². The van der Waals surface area contributed by atoms with Gasteiger partial charge in [-0.3, -0.25) is 0 Å². The first-order valence-electron chi connectivity index (χ1n) is 9.54. The summed E-state index contributed by atoms with van der Waals surface area (Å²) in [4.78, 5) is 4.60. The van der Waals surface area contributed by atoms with Gasteiger partial charge >= 0.3 is 0 Å². The monoisotopic (exact) mass is 412 g/mol. The first kappa shape index (κ1) is 20.6. The second-order valence-electron chi connectivity index (χ2n) is 6.94. The molecule has 2 aromatic carbocycles. The highest BCUT2D eigenvalue weighted by Crippen LogP contribution is 2.37. The summed E-state index contributed by atoms with van der Waals surface area (Å²) in [6.07, 6.45) is 2.71. The van der Waals surface area contributed by atoms with Crippen LogP contribution in [0.15, 0.2) is 67.9 Å². The number of benzene rings is 2. The maximum Gasteiger partial charge on any atom is 0.0488 e. The van der Waals surface area contributed by atoms with Gasteiger partial charge in [0.2, 0.25) is 0 Å². The third kappa shape index (κ3) is 4.14. The highest BCUT2D eigenvalue weighted by molar-refractivity contribution is 6.36. The van der Waals surface area contributed by atoms with Gasteiger partial charge in [0, 0.05) is 64.3 Å². The molecule has 2 nitrogen and oxygen atoms in total. The van der Waals surface area contributed by atoms with Crippen LogP contribution in [0, 0.1) is 0 Å². The first-order valence-corrected chi connectivity index (χ1v) is 10.3. The van der Waals surface area contributed by atoms with Gasteiger partial charge in [0.05, 0.1) is 0 Å². The van der Waals surface area contributed by atoms with Crippen LogP contribution >= 0.6 is 23.2 Å². The van der Waals surface area contributed by atoms with Gasteiger partial charge in [-0.2, -0.15) is 0 Å². The minimum atomic E-state index is 0.696. The van der Waals surface area contributed by atoms with Crippen molar-refractivity contribution in [2.45, 2.75) is 13.3 Å². The Morgan fingerprint density at radius 2 is 1.61 bits per heavy atom. The van der Waals surface area contributed by atoms with Crippen LogP contribution in [-0.2, 0) is 6.42 Å². The van der Waals surface area contributed by atoms with Gasteiger partial charge in [0.15, 0.2) is 0 Å². The Bertz CT molecular complexity index is 909. The van der Waals surface area contributed by atoms with Gasteiger partial charge in [-0.05, 0) is 36.3 Å². The third-order valence-electron chi connectivity index (χ3n) is 5.35. The minimum Gasteiger partial charge on any atom is -0.368 e. The Hall–Kier alpha value is -2.16. The molecule has 1 fully saturated rings. The Morgan fingerprint density at radius 1 is 0.964 bits per heavy atom. The van der Waals surface area contributed by atoms with Crippen LogP contribution in [0.4, 0.5) is 0 Å². The average Bonchev–Trinajstić information content (AvgIpc) is 2.73. The van der Waals surface area contributed by atoms with E-state index < -0.39 is 0 Å². The molecule has 0 bridgehead atoms. The molecule has 4 heteroatoms. The fourth-order valence-corrected chi connectivity index (χ4v) is 4.15. The van der Waals surface area contributed by atoms with Gasteiger partial charge in [-0.15, -0.1) is 0 Å². The lowest BCUT2D eigenvalue weighted by atomic mass is 9.95. The number of piperazine rings is 1. The molecule has 0 saturated carbocycles. The lowest BCUT2D eigenvalue weighted by molar-refractivity contribution is 0.219. The Kier molecular flexibility index (Phi) is 6.53. The van der Waals surface area contributed by atoms with E-state index in [0.717, 1.165) is 60.7 Å². The Morgan fingerprint density at radius 3 is 2.21 bits per heavy atom. The quantitative estimate of drug-likeness (QED) is 0.498. The number of hydrogen-bond donors (Lipinski definition) is 0. The lowest BCUT2D eigenvalue weighted by Crippen LogP contribution is -2.44. The number of hydrogen-bond acceptors (Lipinski definition) is 2. The fourth-order valence-electron chi connectivity index (χ4n) is 3.62. The molecule has 0 aliphatic carbocycles. The van der Waals surface area contributed by atoms with E-state index in [-0.39, 0.29) is 0 Å². The SMILES string of the molecule is C=CC(=C)N1CCN(C(=C)c2cc(-c3ccccc3Cl)c(Cl)cc2CC)CC1. The minimum absolute atomic E-state index is 0.696. The number of allylic oxidation sites excluding steroid dienone is 1. The zero-order chi connectivity index (χ0) is 20.3. The second-order valence-corrected chi connectivity index (χ2v) is 7.75. The summed E-state index contributed by atoms with van der Waals surface area (Å²) >= 11 is 13.1. The van der Waals surface area contributed by atoms with E-state index in [2.05, 4.69) is 48.6 Å². The molecule has 1 aliphatic rings. The van der Waals surface area contributed by atoms with E-state index in [1.165, 1.54) is 5.56 Å². The molecule has 0 radical (unpaired) electrons. The van der Waals surface area contributed by atoms with Gasteiger partial charge in [-0.25, -0.2) is 0 Å². The number of nitrogens with zero attached hydrogens (tertiary/aromatic N) is 2. The maximum absolute atomic E-state index is 6.62. The van der Waals surface area contributed by atoms with E-state index in [1.54, 1.807) is 0 Å². The van der Waals surface area contributed by atoms with Gasteiger partial charge < -0.3 is 9.80 Å². The normalized spacial score (nSPS) is 14.1. The Balaban J connectivity index is 1.92. The largest absolute Gasteiger partial charge is 0.368 e. The molecule has 0 atom stereocenters. The molecule has 146 valence electrons. The standard InChI is InChI=1S/C24H26Cl2N2/c1-5-17(3)27-11-13-28(14-12-27)18(4)21-16-22(24(26)15-19(21)6-2)20-9-7-8-10-23(20)25/h5,7-10,15-16H,1,3-4,6,11-14H2,2H3. The van der Waals surface area contributed by atoms with Crippen molar-refractivity contribution < 1.29 is 0 Å². The molecule has 1 heterocycles. The number of rotatable bonds is 6. The van der Waals surface area contributed by atoms with Crippen molar-refractivity contribution >= 4 is 28.9 Å². The molecular formula is C24H26Cl2N2. The van der Waals surface area contributed by atoms with Crippen LogP contribution in [-0.4, -0.2) is 36.0 Å². The predicted molar refractivity (Wildman–Crippen MR) is 123 cm³/mol. The molecule has 0 unspecified atom stereocenters. The summed E-state index contributed by atoms with van der Waals surface area (Å²) in [7, 11) is 0. The predicted octanol–water partition coefficient (Wildman–Crippen LogP) is 6.51. The van der Waals surface area contributed by atoms with Gasteiger partial charge in [0.25, 0.3) is 0 Å². The maximum atomic E-state index is 6.62. The molecule has 28 heavy (non-hydrogen) atoms. The lowest BCUT2D eigenvalue weighted by Gasteiger charge is -2.39. The molecule has 0 aromatic heterocycles. The molecular weight excluding hydrogens is 387 g/mol. The van der Waals surface area contributed by atoms with Crippen LogP contribution in [0.2, 0.25) is 10.0 Å². The Labute approximate surface area is 178 Å². The van der Waals surface area contributed by atoms with Crippen LogP contribution in [0.1, 0.15) is 18.1 Å². The third-order valence-corrected chi connectivity index (χ3v) is 5.99. The molecule has 1 saturated heterocycles. The zero-order valence-electron chi connectivity index (χ0n) is 16.3. The zero-order valence-corrected chi connectivity index (χ0v) is 17.9. The second kappa shape index (κ2) is 8.89. The van der Waals surface area contributed by atoms with Gasteiger partial charge in [-0.1, -0.05) is 68.1 Å². The smallest absolute Gasteiger partial charge is 0.0488 e. The van der Waals surface area contributed by atoms with Crippen molar-refractivity contribution in [2.75, 3.05) is 26.2 Å². The fraction of sp³-hybridized carbons (Fsp3) is 0.250. The van der Waals surface area contributed by atoms with Crippen molar-refractivity contribution in [3.8, 4) is 11.1 Å². The van der Waals surface area contributed by atoms with Crippen molar-refractivity contribution in [2.24, 2.45) is 0 Å². The van der Waals surface area contributed by atoms with Crippen molar-refractivity contribution in [3.63, 3.8) is 0 Å². The van der Waals surface area contributed by atoms with E-state index in [1.807, 2.05) is 30.3 Å². The molecule has 3 rings (SSSR count). The highest BCUT2D eigenvalue weighted by Gasteiger charge is 2.21. The topological polar surface area (TPSA) is 6.48 Å². The summed E-state index contributed by atoms with van der Waals surface area (Å²) in [5.74, 6) is 0. The van der Waals surface area contributed by atoms with E-state index in [4.69, 9.17) is 23.2 Å². The molecule has 0 spiro atoms. The summed E-state index contributed by atoms with van der Waals surface area (Å²) in [6, 6.07) is 12.0. The van der Waals surface area contributed by atoms with Crippen molar-refractivity contribution in [1.82, 2.24) is 9.80 Å². The van der Waals surface area contributed by atoms with E-state index >= 15 is 0 Å². The van der Waals surface area contributed by atoms with Crippen molar-refractivity contribution in [1.29, 1.82) is 0 Å². The first-order chi connectivity index (χ1) is 13.5. The van der Waals surface area contributed by atoms with Crippen LogP contribution < -0.4 is 0 Å². The summed E-state index contributed by atoms with van der Waals surface area (Å²) in [6.45, 7) is 18.1. The molecule has 0 amide bonds. The summed E-state index contributed by atoms with van der Waals surface area (Å²) in [5.41, 5.74) is 6.23. The van der Waals surface area contributed by atoms with E-state index in [9.17, 15) is 0 Å². The average molecular weight is 413 g/mol. The summed E-state index contributed by atoms with van der Waals surface area (Å²) < 4.78 is 0. The van der Waals surface area contributed by atoms with Gasteiger partial charge in [0.1, 0.15) is 0 Å². The number of aryl methyl sites for hydroxylation is 1. The summed E-state index contributed by atoms with van der Waals surface area (Å²) in [5, 5.41) is 1.41. The number of halogens is 2.